The minimum Gasteiger partial charge on any atom is -0.396 e. The summed E-state index contributed by atoms with van der Waals surface area (Å²) in [6.45, 7) is 7.11. The minimum atomic E-state index is 0.236. The standard InChI is InChI=1S/C15H23NO/c1-12-4-3-8-16(11-12)15-6-5-14(7-9-17)10-13(15)2/h5-6,10,12,17H,3-4,7-9,11H2,1-2H3. The summed E-state index contributed by atoms with van der Waals surface area (Å²) >= 11 is 0. The van der Waals surface area contributed by atoms with E-state index in [0.29, 0.717) is 0 Å². The Kier molecular flexibility index (Phi) is 4.06. The Morgan fingerprint density at radius 1 is 1.41 bits per heavy atom. The van der Waals surface area contributed by atoms with Crippen molar-refractivity contribution in [1.82, 2.24) is 0 Å². The van der Waals surface area contributed by atoms with E-state index in [2.05, 4.69) is 36.9 Å². The third-order valence-electron chi connectivity index (χ3n) is 3.66. The van der Waals surface area contributed by atoms with Crippen molar-refractivity contribution in [2.24, 2.45) is 5.92 Å². The SMILES string of the molecule is Cc1cc(CCO)ccc1N1CCCC(C)C1. The number of hydrogen-bond acceptors (Lipinski definition) is 2. The summed E-state index contributed by atoms with van der Waals surface area (Å²) in [5.74, 6) is 0.806. The molecule has 0 bridgehead atoms. The molecule has 1 unspecified atom stereocenters. The summed E-state index contributed by atoms with van der Waals surface area (Å²) in [5.41, 5.74) is 3.95. The maximum Gasteiger partial charge on any atom is 0.0471 e. The van der Waals surface area contributed by atoms with Gasteiger partial charge in [0.15, 0.2) is 0 Å². The Morgan fingerprint density at radius 3 is 2.88 bits per heavy atom. The second kappa shape index (κ2) is 5.54. The number of anilines is 1. The van der Waals surface area contributed by atoms with Crippen LogP contribution in [0.25, 0.3) is 0 Å². The molecule has 0 aliphatic carbocycles. The van der Waals surface area contributed by atoms with Gasteiger partial charge in [-0.1, -0.05) is 19.1 Å². The summed E-state index contributed by atoms with van der Waals surface area (Å²) in [7, 11) is 0. The van der Waals surface area contributed by atoms with Gasteiger partial charge in [0.05, 0.1) is 0 Å². The van der Waals surface area contributed by atoms with Crippen molar-refractivity contribution >= 4 is 5.69 Å². The maximum absolute atomic E-state index is 8.95. The van der Waals surface area contributed by atoms with Gasteiger partial charge in [0, 0.05) is 25.4 Å². The normalized spacial score (nSPS) is 20.6. The molecule has 1 N–H and O–H groups in total. The molecule has 2 rings (SSSR count). The van der Waals surface area contributed by atoms with Crippen LogP contribution in [0.2, 0.25) is 0 Å². The summed E-state index contributed by atoms with van der Waals surface area (Å²) in [4.78, 5) is 2.51. The number of aryl methyl sites for hydroxylation is 1. The van der Waals surface area contributed by atoms with Crippen molar-refractivity contribution in [1.29, 1.82) is 0 Å². The van der Waals surface area contributed by atoms with Crippen molar-refractivity contribution in [2.75, 3.05) is 24.6 Å². The number of piperidine rings is 1. The number of aliphatic hydroxyl groups is 1. The van der Waals surface area contributed by atoms with E-state index in [-0.39, 0.29) is 6.61 Å². The van der Waals surface area contributed by atoms with Crippen molar-refractivity contribution in [3.05, 3.63) is 29.3 Å². The first-order valence-corrected chi connectivity index (χ1v) is 6.66. The number of benzene rings is 1. The zero-order valence-electron chi connectivity index (χ0n) is 10.9. The van der Waals surface area contributed by atoms with Gasteiger partial charge in [-0.3, -0.25) is 0 Å². The first kappa shape index (κ1) is 12.4. The third-order valence-corrected chi connectivity index (χ3v) is 3.66. The predicted octanol–water partition coefficient (Wildman–Crippen LogP) is 2.77. The second-order valence-electron chi connectivity index (χ2n) is 5.29. The van der Waals surface area contributed by atoms with E-state index in [1.165, 1.54) is 42.7 Å². The van der Waals surface area contributed by atoms with E-state index in [1.807, 2.05) is 0 Å². The van der Waals surface area contributed by atoms with Crippen LogP contribution in [-0.2, 0) is 6.42 Å². The molecule has 1 saturated heterocycles. The molecule has 1 heterocycles. The first-order chi connectivity index (χ1) is 8.20. The van der Waals surface area contributed by atoms with Gasteiger partial charge in [-0.15, -0.1) is 0 Å². The number of aliphatic hydroxyl groups excluding tert-OH is 1. The summed E-state index contributed by atoms with van der Waals surface area (Å²) < 4.78 is 0. The summed E-state index contributed by atoms with van der Waals surface area (Å²) in [5, 5.41) is 8.95. The molecule has 1 aliphatic rings. The zero-order chi connectivity index (χ0) is 12.3. The molecule has 0 radical (unpaired) electrons. The summed E-state index contributed by atoms with van der Waals surface area (Å²) in [6.07, 6.45) is 3.43. The van der Waals surface area contributed by atoms with Gasteiger partial charge in [0.2, 0.25) is 0 Å². The lowest BCUT2D eigenvalue weighted by Gasteiger charge is -2.34. The maximum atomic E-state index is 8.95. The topological polar surface area (TPSA) is 23.5 Å². The second-order valence-corrected chi connectivity index (χ2v) is 5.29. The molecular formula is C15H23NO. The molecule has 0 spiro atoms. The fourth-order valence-electron chi connectivity index (χ4n) is 2.77. The Bertz CT molecular complexity index is 375. The van der Waals surface area contributed by atoms with Crippen LogP contribution in [0, 0.1) is 12.8 Å². The van der Waals surface area contributed by atoms with Gasteiger partial charge < -0.3 is 10.0 Å². The van der Waals surface area contributed by atoms with Crippen LogP contribution in [-0.4, -0.2) is 24.8 Å². The van der Waals surface area contributed by atoms with Gasteiger partial charge in [-0.2, -0.15) is 0 Å². The molecule has 17 heavy (non-hydrogen) atoms. The van der Waals surface area contributed by atoms with Crippen LogP contribution in [0.15, 0.2) is 18.2 Å². The number of hydrogen-bond donors (Lipinski definition) is 1. The highest BCUT2D eigenvalue weighted by molar-refractivity contribution is 5.54. The van der Waals surface area contributed by atoms with Crippen molar-refractivity contribution < 1.29 is 5.11 Å². The average molecular weight is 233 g/mol. The summed E-state index contributed by atoms with van der Waals surface area (Å²) in [6, 6.07) is 6.58. The molecule has 1 aliphatic heterocycles. The van der Waals surface area contributed by atoms with E-state index < -0.39 is 0 Å². The third kappa shape index (κ3) is 3.01. The molecule has 0 amide bonds. The van der Waals surface area contributed by atoms with E-state index >= 15 is 0 Å². The van der Waals surface area contributed by atoms with Crippen LogP contribution in [0.4, 0.5) is 5.69 Å². The lowest BCUT2D eigenvalue weighted by molar-refractivity contribution is 0.299. The van der Waals surface area contributed by atoms with Crippen LogP contribution in [0.3, 0.4) is 0 Å². The van der Waals surface area contributed by atoms with Crippen molar-refractivity contribution in [2.45, 2.75) is 33.1 Å². The smallest absolute Gasteiger partial charge is 0.0471 e. The van der Waals surface area contributed by atoms with Gasteiger partial charge in [0.1, 0.15) is 0 Å². The highest BCUT2D eigenvalue weighted by Crippen LogP contribution is 2.26. The molecule has 2 nitrogen and oxygen atoms in total. The van der Waals surface area contributed by atoms with E-state index in [4.69, 9.17) is 5.11 Å². The van der Waals surface area contributed by atoms with Crippen molar-refractivity contribution in [3.63, 3.8) is 0 Å². The molecule has 0 aromatic heterocycles. The fourth-order valence-corrected chi connectivity index (χ4v) is 2.77. The first-order valence-electron chi connectivity index (χ1n) is 6.66. The number of rotatable bonds is 3. The molecular weight excluding hydrogens is 210 g/mol. The Morgan fingerprint density at radius 2 is 2.24 bits per heavy atom. The lowest BCUT2D eigenvalue weighted by atomic mass is 9.98. The lowest BCUT2D eigenvalue weighted by Crippen LogP contribution is -2.34. The van der Waals surface area contributed by atoms with Gasteiger partial charge in [0.25, 0.3) is 0 Å². The highest BCUT2D eigenvalue weighted by atomic mass is 16.2. The van der Waals surface area contributed by atoms with Crippen LogP contribution in [0.1, 0.15) is 30.9 Å². The Hall–Kier alpha value is -1.02. The molecule has 1 aromatic carbocycles. The van der Waals surface area contributed by atoms with Gasteiger partial charge in [-0.05, 0) is 49.3 Å². The molecule has 94 valence electrons. The predicted molar refractivity (Wildman–Crippen MR) is 72.6 cm³/mol. The fraction of sp³-hybridized carbons (Fsp3) is 0.600. The van der Waals surface area contributed by atoms with Gasteiger partial charge in [-0.25, -0.2) is 0 Å². The van der Waals surface area contributed by atoms with Crippen LogP contribution >= 0.6 is 0 Å². The largest absolute Gasteiger partial charge is 0.396 e. The highest BCUT2D eigenvalue weighted by Gasteiger charge is 2.17. The molecule has 1 fully saturated rings. The Balaban J connectivity index is 2.15. The number of nitrogens with zero attached hydrogens (tertiary/aromatic N) is 1. The quantitative estimate of drug-likeness (QED) is 0.867. The van der Waals surface area contributed by atoms with Crippen LogP contribution in [0.5, 0.6) is 0 Å². The van der Waals surface area contributed by atoms with E-state index in [9.17, 15) is 0 Å². The van der Waals surface area contributed by atoms with Gasteiger partial charge >= 0.3 is 0 Å². The molecule has 1 aromatic rings. The van der Waals surface area contributed by atoms with Crippen LogP contribution < -0.4 is 4.90 Å². The van der Waals surface area contributed by atoms with E-state index in [1.54, 1.807) is 0 Å². The van der Waals surface area contributed by atoms with E-state index in [0.717, 1.165) is 12.3 Å². The zero-order valence-corrected chi connectivity index (χ0v) is 10.9. The molecule has 2 heteroatoms. The minimum absolute atomic E-state index is 0.236. The molecule has 0 saturated carbocycles. The Labute approximate surface area is 104 Å². The van der Waals surface area contributed by atoms with Crippen molar-refractivity contribution in [3.8, 4) is 0 Å². The monoisotopic (exact) mass is 233 g/mol. The average Bonchev–Trinajstić information content (AvgIpc) is 2.29. The molecule has 1 atom stereocenters.